The van der Waals surface area contributed by atoms with Crippen molar-refractivity contribution >= 4 is 11.0 Å². The highest BCUT2D eigenvalue weighted by atomic mass is 16.1. The van der Waals surface area contributed by atoms with Gasteiger partial charge in [-0.3, -0.25) is 9.69 Å². The number of fused-ring (bicyclic) bond motifs is 2. The maximum Gasteiger partial charge on any atom is 0.255 e. The lowest BCUT2D eigenvalue weighted by Gasteiger charge is -2.27. The van der Waals surface area contributed by atoms with E-state index in [-0.39, 0.29) is 5.56 Å². The van der Waals surface area contributed by atoms with Gasteiger partial charge in [-0.1, -0.05) is 6.92 Å². The van der Waals surface area contributed by atoms with Gasteiger partial charge >= 0.3 is 0 Å². The molecule has 128 valence electrons. The van der Waals surface area contributed by atoms with Crippen LogP contribution in [0.3, 0.4) is 0 Å². The molecule has 3 aromatic heterocycles. The molecule has 0 aromatic carbocycles. The zero-order valence-corrected chi connectivity index (χ0v) is 14.3. The Balaban J connectivity index is 1.54. The van der Waals surface area contributed by atoms with Crippen LogP contribution in [-0.4, -0.2) is 31.4 Å². The second-order valence-electron chi connectivity index (χ2n) is 6.50. The van der Waals surface area contributed by atoms with Crippen molar-refractivity contribution in [1.29, 1.82) is 0 Å². The summed E-state index contributed by atoms with van der Waals surface area (Å²) in [4.78, 5) is 31.1. The number of nitrogens with zero attached hydrogens (tertiary/aromatic N) is 4. The summed E-state index contributed by atoms with van der Waals surface area (Å²) in [6, 6.07) is 8.01. The average Bonchev–Trinajstić information content (AvgIpc) is 2.62. The van der Waals surface area contributed by atoms with Crippen LogP contribution >= 0.6 is 0 Å². The van der Waals surface area contributed by atoms with Gasteiger partial charge < -0.3 is 4.98 Å². The molecule has 0 unspecified atom stereocenters. The molecule has 6 nitrogen and oxygen atoms in total. The van der Waals surface area contributed by atoms with Crippen molar-refractivity contribution in [2.75, 3.05) is 6.54 Å². The fourth-order valence-electron chi connectivity index (χ4n) is 3.33. The fourth-order valence-corrected chi connectivity index (χ4v) is 3.33. The lowest BCUT2D eigenvalue weighted by atomic mass is 10.1. The van der Waals surface area contributed by atoms with Crippen molar-refractivity contribution in [3.05, 3.63) is 63.6 Å². The van der Waals surface area contributed by atoms with E-state index in [0.717, 1.165) is 59.6 Å². The van der Waals surface area contributed by atoms with Gasteiger partial charge in [-0.15, -0.1) is 0 Å². The number of aromatic amines is 1. The number of nitrogens with one attached hydrogen (secondary N) is 1. The Morgan fingerprint density at radius 1 is 1.24 bits per heavy atom. The Bertz CT molecular complexity index is 965. The van der Waals surface area contributed by atoms with E-state index in [4.69, 9.17) is 0 Å². The molecule has 0 amide bonds. The molecule has 0 radical (unpaired) electrons. The zero-order valence-electron chi connectivity index (χ0n) is 14.3. The average molecular weight is 335 g/mol. The second-order valence-corrected chi connectivity index (χ2v) is 6.50. The molecular weight excluding hydrogens is 314 g/mol. The standard InChI is InChI=1S/C19H21N5O/c1-2-4-17-22-16-8-10-24(12-15(16)19(25)23-17)11-14-7-6-13-5-3-9-20-18(13)21-14/h3,5-7,9H,2,4,8,10-12H2,1H3,(H,22,23,25). The summed E-state index contributed by atoms with van der Waals surface area (Å²) in [5, 5.41) is 1.04. The molecule has 0 atom stereocenters. The minimum Gasteiger partial charge on any atom is -0.310 e. The molecule has 0 fully saturated rings. The van der Waals surface area contributed by atoms with E-state index in [1.165, 1.54) is 0 Å². The van der Waals surface area contributed by atoms with Crippen molar-refractivity contribution in [3.63, 3.8) is 0 Å². The van der Waals surface area contributed by atoms with Crippen molar-refractivity contribution < 1.29 is 0 Å². The SMILES string of the molecule is CCCc1nc2c(c(=O)[nH]1)CN(Cc1ccc3cccnc3n1)CC2. The Morgan fingerprint density at radius 3 is 3.04 bits per heavy atom. The van der Waals surface area contributed by atoms with Gasteiger partial charge in [0.05, 0.1) is 17.0 Å². The van der Waals surface area contributed by atoms with Gasteiger partial charge in [0.25, 0.3) is 5.56 Å². The molecule has 0 saturated heterocycles. The molecular formula is C19H21N5O. The summed E-state index contributed by atoms with van der Waals surface area (Å²) in [6.45, 7) is 4.30. The van der Waals surface area contributed by atoms with Crippen LogP contribution in [0.2, 0.25) is 0 Å². The highest BCUT2D eigenvalue weighted by molar-refractivity contribution is 5.74. The Labute approximate surface area is 146 Å². The van der Waals surface area contributed by atoms with E-state index in [0.29, 0.717) is 13.1 Å². The Morgan fingerprint density at radius 2 is 2.16 bits per heavy atom. The van der Waals surface area contributed by atoms with E-state index in [2.05, 4.69) is 31.8 Å². The Hall–Kier alpha value is -2.60. The van der Waals surface area contributed by atoms with Crippen molar-refractivity contribution in [3.8, 4) is 0 Å². The fraction of sp³-hybridized carbons (Fsp3) is 0.368. The van der Waals surface area contributed by atoms with Crippen LogP contribution in [0.25, 0.3) is 11.0 Å². The predicted octanol–water partition coefficient (Wildman–Crippen LogP) is 2.22. The minimum atomic E-state index is 0.00582. The summed E-state index contributed by atoms with van der Waals surface area (Å²) in [7, 11) is 0. The summed E-state index contributed by atoms with van der Waals surface area (Å²) in [5.41, 5.74) is 3.50. The molecule has 0 spiro atoms. The van der Waals surface area contributed by atoms with Gasteiger partial charge in [0, 0.05) is 44.1 Å². The first-order valence-electron chi connectivity index (χ1n) is 8.77. The van der Waals surface area contributed by atoms with Crippen LogP contribution in [0.5, 0.6) is 0 Å². The third-order valence-corrected chi connectivity index (χ3v) is 4.59. The molecule has 1 aliphatic rings. The smallest absolute Gasteiger partial charge is 0.255 e. The van der Waals surface area contributed by atoms with E-state index in [9.17, 15) is 4.79 Å². The van der Waals surface area contributed by atoms with Crippen LogP contribution in [-0.2, 0) is 25.9 Å². The van der Waals surface area contributed by atoms with Crippen LogP contribution in [0.4, 0.5) is 0 Å². The highest BCUT2D eigenvalue weighted by Gasteiger charge is 2.21. The molecule has 0 aliphatic carbocycles. The molecule has 25 heavy (non-hydrogen) atoms. The molecule has 0 bridgehead atoms. The van der Waals surface area contributed by atoms with Crippen LogP contribution in [0.1, 0.15) is 36.1 Å². The molecule has 4 rings (SSSR count). The van der Waals surface area contributed by atoms with E-state index >= 15 is 0 Å². The second kappa shape index (κ2) is 6.72. The number of aromatic nitrogens is 4. The molecule has 3 aromatic rings. The monoisotopic (exact) mass is 335 g/mol. The quantitative estimate of drug-likeness (QED) is 0.791. The predicted molar refractivity (Wildman–Crippen MR) is 96.2 cm³/mol. The molecule has 0 saturated carbocycles. The van der Waals surface area contributed by atoms with Crippen molar-refractivity contribution in [2.24, 2.45) is 0 Å². The summed E-state index contributed by atoms with van der Waals surface area (Å²) >= 11 is 0. The van der Waals surface area contributed by atoms with Crippen LogP contribution in [0.15, 0.2) is 35.3 Å². The maximum atomic E-state index is 12.4. The number of rotatable bonds is 4. The number of aryl methyl sites for hydroxylation is 1. The first-order chi connectivity index (χ1) is 12.2. The number of hydrogen-bond acceptors (Lipinski definition) is 5. The van der Waals surface area contributed by atoms with Gasteiger partial charge in [-0.05, 0) is 30.7 Å². The number of pyridine rings is 2. The van der Waals surface area contributed by atoms with Crippen molar-refractivity contribution in [2.45, 2.75) is 39.3 Å². The number of H-pyrrole nitrogens is 1. The molecule has 1 N–H and O–H groups in total. The topological polar surface area (TPSA) is 74.8 Å². The van der Waals surface area contributed by atoms with Gasteiger partial charge in [0.15, 0.2) is 5.65 Å². The van der Waals surface area contributed by atoms with Gasteiger partial charge in [-0.25, -0.2) is 15.0 Å². The van der Waals surface area contributed by atoms with Gasteiger partial charge in [0.2, 0.25) is 0 Å². The summed E-state index contributed by atoms with van der Waals surface area (Å²) in [5.74, 6) is 0.807. The van der Waals surface area contributed by atoms with E-state index < -0.39 is 0 Å². The third-order valence-electron chi connectivity index (χ3n) is 4.59. The lowest BCUT2D eigenvalue weighted by molar-refractivity contribution is 0.239. The van der Waals surface area contributed by atoms with Crippen LogP contribution < -0.4 is 5.56 Å². The van der Waals surface area contributed by atoms with E-state index in [1.54, 1.807) is 6.20 Å². The maximum absolute atomic E-state index is 12.4. The van der Waals surface area contributed by atoms with Gasteiger partial charge in [-0.2, -0.15) is 0 Å². The van der Waals surface area contributed by atoms with Crippen LogP contribution in [0, 0.1) is 0 Å². The summed E-state index contributed by atoms with van der Waals surface area (Å²) in [6.07, 6.45) is 4.37. The van der Waals surface area contributed by atoms with Crippen molar-refractivity contribution in [1.82, 2.24) is 24.8 Å². The third kappa shape index (κ3) is 3.30. The molecule has 6 heteroatoms. The lowest BCUT2D eigenvalue weighted by Crippen LogP contribution is -2.36. The molecule has 4 heterocycles. The first-order valence-corrected chi connectivity index (χ1v) is 8.77. The molecule has 1 aliphatic heterocycles. The van der Waals surface area contributed by atoms with Gasteiger partial charge in [0.1, 0.15) is 5.82 Å². The summed E-state index contributed by atoms with van der Waals surface area (Å²) < 4.78 is 0. The normalized spacial score (nSPS) is 14.6. The minimum absolute atomic E-state index is 0.00582. The Kier molecular flexibility index (Phi) is 4.28. The number of hydrogen-bond donors (Lipinski definition) is 1. The van der Waals surface area contributed by atoms with E-state index in [1.807, 2.05) is 24.3 Å². The first kappa shape index (κ1) is 15.9. The highest BCUT2D eigenvalue weighted by Crippen LogP contribution is 2.17. The largest absolute Gasteiger partial charge is 0.310 e. The zero-order chi connectivity index (χ0) is 17.2.